The molecule has 0 radical (unpaired) electrons. The average Bonchev–Trinajstić information content (AvgIpc) is 2.74. The normalized spacial score (nSPS) is 15.3. The number of aromatic nitrogens is 2. The molecule has 1 aromatic carbocycles. The number of allylic oxidation sites excluding steroid dienone is 2. The van der Waals surface area contributed by atoms with Crippen LogP contribution in [0.25, 0.3) is 11.3 Å². The number of halogens is 1. The van der Waals surface area contributed by atoms with Crippen molar-refractivity contribution in [2.45, 2.75) is 25.8 Å². The quantitative estimate of drug-likeness (QED) is 0.511. The second-order valence-corrected chi connectivity index (χ2v) is 7.11. The lowest BCUT2D eigenvalue weighted by atomic mass is 10.0. The molecular formula is C24H28FN5. The van der Waals surface area contributed by atoms with Crippen LogP contribution >= 0.6 is 0 Å². The molecular weight excluding hydrogens is 377 g/mol. The molecule has 30 heavy (non-hydrogen) atoms. The second-order valence-electron chi connectivity index (χ2n) is 7.11. The highest BCUT2D eigenvalue weighted by atomic mass is 19.1. The Labute approximate surface area is 177 Å². The third-order valence-corrected chi connectivity index (χ3v) is 4.88. The second kappa shape index (κ2) is 10.4. The highest BCUT2D eigenvalue weighted by Gasteiger charge is 2.10. The summed E-state index contributed by atoms with van der Waals surface area (Å²) in [5.74, 6) is 0.338. The van der Waals surface area contributed by atoms with Crippen LogP contribution in [0, 0.1) is 12.7 Å². The standard InChI is InChI=1S/C24H28FN5/c1-4-26-20-11-9-19(10-12-20)22-13-16-29-24(30-22)28-15-6-14-27-18(3)23-17(2)7-5-8-21(23)25/h4-5,7-11,13,16,20,26-27H,1,3,6,12,14-15H2,2H3,(H,28,29,30). The van der Waals surface area contributed by atoms with Crippen molar-refractivity contribution in [2.75, 3.05) is 18.4 Å². The van der Waals surface area contributed by atoms with Gasteiger partial charge in [0.1, 0.15) is 5.82 Å². The number of rotatable bonds is 10. The molecule has 0 spiro atoms. The fraction of sp³-hybridized carbons (Fsp3) is 0.250. The van der Waals surface area contributed by atoms with E-state index in [0.29, 0.717) is 30.3 Å². The zero-order valence-corrected chi connectivity index (χ0v) is 17.3. The molecule has 6 heteroatoms. The van der Waals surface area contributed by atoms with Crippen LogP contribution in [0.3, 0.4) is 0 Å². The number of hydrogen-bond acceptors (Lipinski definition) is 5. The third kappa shape index (κ3) is 5.56. The third-order valence-electron chi connectivity index (χ3n) is 4.88. The Kier molecular flexibility index (Phi) is 7.38. The van der Waals surface area contributed by atoms with E-state index in [1.807, 2.05) is 19.1 Å². The maximum absolute atomic E-state index is 14.0. The van der Waals surface area contributed by atoms with Gasteiger partial charge in [0.25, 0.3) is 0 Å². The molecule has 5 nitrogen and oxygen atoms in total. The van der Waals surface area contributed by atoms with Gasteiger partial charge >= 0.3 is 0 Å². The minimum atomic E-state index is -0.256. The number of benzene rings is 1. The van der Waals surface area contributed by atoms with Crippen LogP contribution in [-0.2, 0) is 0 Å². The minimum absolute atomic E-state index is 0.256. The van der Waals surface area contributed by atoms with Gasteiger partial charge in [-0.25, -0.2) is 14.4 Å². The summed E-state index contributed by atoms with van der Waals surface area (Å²) < 4.78 is 14.0. The highest BCUT2D eigenvalue weighted by molar-refractivity contribution is 5.73. The van der Waals surface area contributed by atoms with Crippen LogP contribution in [0.15, 0.2) is 68.0 Å². The van der Waals surface area contributed by atoms with Crippen molar-refractivity contribution in [1.82, 2.24) is 20.6 Å². The van der Waals surface area contributed by atoms with Crippen LogP contribution < -0.4 is 16.0 Å². The largest absolute Gasteiger partial charge is 0.385 e. The zero-order chi connectivity index (χ0) is 21.3. The number of nitrogens with zero attached hydrogens (tertiary/aromatic N) is 2. The Morgan fingerprint density at radius 2 is 2.17 bits per heavy atom. The van der Waals surface area contributed by atoms with Gasteiger partial charge in [0, 0.05) is 36.6 Å². The van der Waals surface area contributed by atoms with Gasteiger partial charge in [-0.05, 0) is 49.2 Å². The molecule has 1 aliphatic carbocycles. The van der Waals surface area contributed by atoms with Crippen molar-refractivity contribution < 1.29 is 4.39 Å². The maximum atomic E-state index is 14.0. The molecule has 3 rings (SSSR count). The first-order valence-corrected chi connectivity index (χ1v) is 10.1. The van der Waals surface area contributed by atoms with Gasteiger partial charge in [-0.15, -0.1) is 0 Å². The molecule has 156 valence electrons. The summed E-state index contributed by atoms with van der Waals surface area (Å²) >= 11 is 0. The molecule has 1 atom stereocenters. The van der Waals surface area contributed by atoms with Crippen LogP contribution in [0.4, 0.5) is 10.3 Å². The van der Waals surface area contributed by atoms with Gasteiger partial charge in [0.05, 0.1) is 5.69 Å². The predicted molar refractivity (Wildman–Crippen MR) is 122 cm³/mol. The lowest BCUT2D eigenvalue weighted by molar-refractivity contribution is 0.620. The molecule has 3 N–H and O–H groups in total. The van der Waals surface area contributed by atoms with E-state index >= 15 is 0 Å². The van der Waals surface area contributed by atoms with Crippen LogP contribution in [0.5, 0.6) is 0 Å². The Hall–Kier alpha value is -3.41. The summed E-state index contributed by atoms with van der Waals surface area (Å²) in [5.41, 5.74) is 3.99. The number of nitrogens with one attached hydrogen (secondary N) is 3. The van der Waals surface area contributed by atoms with Crippen molar-refractivity contribution in [1.29, 1.82) is 0 Å². The van der Waals surface area contributed by atoms with Crippen molar-refractivity contribution in [2.24, 2.45) is 0 Å². The van der Waals surface area contributed by atoms with Gasteiger partial charge in [0.15, 0.2) is 0 Å². The molecule has 1 aromatic heterocycles. The summed E-state index contributed by atoms with van der Waals surface area (Å²) in [6, 6.07) is 7.22. The molecule has 0 saturated carbocycles. The Morgan fingerprint density at radius 3 is 2.90 bits per heavy atom. The van der Waals surface area contributed by atoms with Crippen LogP contribution in [0.2, 0.25) is 0 Å². The maximum Gasteiger partial charge on any atom is 0.223 e. The molecule has 0 bridgehead atoms. The van der Waals surface area contributed by atoms with E-state index in [0.717, 1.165) is 29.7 Å². The molecule has 0 aliphatic heterocycles. The van der Waals surface area contributed by atoms with Crippen molar-refractivity contribution in [3.63, 3.8) is 0 Å². The van der Waals surface area contributed by atoms with Crippen LogP contribution in [0.1, 0.15) is 29.7 Å². The fourth-order valence-electron chi connectivity index (χ4n) is 3.32. The Morgan fingerprint density at radius 1 is 1.30 bits per heavy atom. The van der Waals surface area contributed by atoms with Crippen molar-refractivity contribution in [3.8, 4) is 0 Å². The molecule has 0 fully saturated rings. The van der Waals surface area contributed by atoms with Gasteiger partial charge in [-0.3, -0.25) is 0 Å². The van der Waals surface area contributed by atoms with E-state index in [2.05, 4.69) is 57.3 Å². The summed E-state index contributed by atoms with van der Waals surface area (Å²) in [6.45, 7) is 10.9. The van der Waals surface area contributed by atoms with Gasteiger partial charge < -0.3 is 16.0 Å². The summed E-state index contributed by atoms with van der Waals surface area (Å²) in [4.78, 5) is 8.90. The smallest absolute Gasteiger partial charge is 0.223 e. The Bertz CT molecular complexity index is 944. The zero-order valence-electron chi connectivity index (χ0n) is 17.3. The minimum Gasteiger partial charge on any atom is -0.385 e. The number of aryl methyl sites for hydroxylation is 1. The van der Waals surface area contributed by atoms with Crippen molar-refractivity contribution >= 4 is 17.2 Å². The molecule has 0 amide bonds. The fourth-order valence-corrected chi connectivity index (χ4v) is 3.32. The SMILES string of the molecule is C=CNC1C=CC(c2ccnc(NCCCNC(=C)c3c(C)cccc3F)n2)=CC1. The first kappa shape index (κ1) is 21.3. The average molecular weight is 406 g/mol. The van der Waals surface area contributed by atoms with E-state index in [9.17, 15) is 4.39 Å². The van der Waals surface area contributed by atoms with E-state index in [1.165, 1.54) is 6.07 Å². The van der Waals surface area contributed by atoms with Gasteiger partial charge in [-0.1, -0.05) is 43.5 Å². The first-order chi connectivity index (χ1) is 14.6. The molecule has 0 saturated heterocycles. The molecule has 2 aromatic rings. The lowest BCUT2D eigenvalue weighted by Gasteiger charge is -2.16. The Balaban J connectivity index is 1.46. The van der Waals surface area contributed by atoms with E-state index in [4.69, 9.17) is 0 Å². The summed E-state index contributed by atoms with van der Waals surface area (Å²) in [7, 11) is 0. The molecule has 1 aliphatic rings. The molecule has 1 heterocycles. The van der Waals surface area contributed by atoms with Gasteiger partial charge in [0.2, 0.25) is 5.95 Å². The number of anilines is 1. The summed E-state index contributed by atoms with van der Waals surface area (Å²) in [5, 5.41) is 9.63. The van der Waals surface area contributed by atoms with E-state index < -0.39 is 0 Å². The highest BCUT2D eigenvalue weighted by Crippen LogP contribution is 2.21. The first-order valence-electron chi connectivity index (χ1n) is 10.1. The predicted octanol–water partition coefficient (Wildman–Crippen LogP) is 4.43. The van der Waals surface area contributed by atoms with Crippen LogP contribution in [-0.4, -0.2) is 29.1 Å². The van der Waals surface area contributed by atoms with E-state index in [-0.39, 0.29) is 11.9 Å². The monoisotopic (exact) mass is 405 g/mol. The number of hydrogen-bond donors (Lipinski definition) is 3. The molecule has 1 unspecified atom stereocenters. The summed E-state index contributed by atoms with van der Waals surface area (Å²) in [6.07, 6.45) is 11.5. The van der Waals surface area contributed by atoms with Gasteiger partial charge in [-0.2, -0.15) is 0 Å². The van der Waals surface area contributed by atoms with Crippen molar-refractivity contribution in [3.05, 3.63) is 90.7 Å². The lowest BCUT2D eigenvalue weighted by Crippen LogP contribution is -2.22. The van der Waals surface area contributed by atoms with E-state index in [1.54, 1.807) is 18.5 Å². The topological polar surface area (TPSA) is 61.9 Å².